The molecule has 7 heteroatoms. The minimum absolute atomic E-state index is 0. The van der Waals surface area contributed by atoms with E-state index in [0.717, 1.165) is 35.0 Å². The fourth-order valence-corrected chi connectivity index (χ4v) is 2.05. The van der Waals surface area contributed by atoms with Crippen LogP contribution in [-0.2, 0) is 27.6 Å². The molecule has 0 aliphatic heterocycles. The first-order valence-electron chi connectivity index (χ1n) is 8.87. The average Bonchev–Trinajstić information content (AvgIpc) is 3.33. The predicted molar refractivity (Wildman–Crippen MR) is 110 cm³/mol. The van der Waals surface area contributed by atoms with Crippen molar-refractivity contribution in [3.8, 4) is 0 Å². The molecule has 0 aliphatic rings. The van der Waals surface area contributed by atoms with Gasteiger partial charge in [0.05, 0.1) is 5.52 Å². The number of aromatic nitrogens is 6. The van der Waals surface area contributed by atoms with Gasteiger partial charge in [0.1, 0.15) is 5.52 Å². The maximum atomic E-state index is 4.05. The van der Waals surface area contributed by atoms with Gasteiger partial charge in [-0.2, -0.15) is 0 Å². The van der Waals surface area contributed by atoms with Crippen LogP contribution in [-0.4, -0.2) is 25.3 Å². The molecule has 2 aromatic heterocycles. The van der Waals surface area contributed by atoms with E-state index in [9.17, 15) is 0 Å². The molecule has 2 heterocycles. The van der Waals surface area contributed by atoms with Gasteiger partial charge in [-0.15, -0.1) is 5.10 Å². The van der Waals surface area contributed by atoms with Crippen LogP contribution in [0.2, 0.25) is 0 Å². The van der Waals surface area contributed by atoms with Gasteiger partial charge in [0, 0.05) is 6.54 Å². The molecule has 0 bridgehead atoms. The summed E-state index contributed by atoms with van der Waals surface area (Å²) in [6.45, 7) is 11.1. The van der Waals surface area contributed by atoms with Gasteiger partial charge < -0.3 is 17.6 Å². The Morgan fingerprint density at radius 3 is 2.07 bits per heavy atom. The van der Waals surface area contributed by atoms with Crippen LogP contribution in [0, 0.1) is 7.43 Å². The second kappa shape index (κ2) is 16.1. The van der Waals surface area contributed by atoms with Crippen molar-refractivity contribution in [2.24, 2.45) is 0 Å². The minimum Gasteiger partial charge on any atom is -0.358 e. The van der Waals surface area contributed by atoms with E-state index in [1.165, 1.54) is 0 Å². The predicted octanol–water partition coefficient (Wildman–Crippen LogP) is 4.93. The van der Waals surface area contributed by atoms with Gasteiger partial charge in [0.25, 0.3) is 0 Å². The van der Waals surface area contributed by atoms with Crippen LogP contribution in [0.5, 0.6) is 0 Å². The van der Waals surface area contributed by atoms with E-state index in [4.69, 9.17) is 0 Å². The molecular weight excluding hydrogens is 508 g/mol. The van der Waals surface area contributed by atoms with E-state index in [0.29, 0.717) is 0 Å². The summed E-state index contributed by atoms with van der Waals surface area (Å²) in [5.74, 6) is 0. The largest absolute Gasteiger partial charge is 2.00 e. The number of hydrogen-bond acceptors (Lipinski definition) is 4. The smallest absolute Gasteiger partial charge is 0.358 e. The van der Waals surface area contributed by atoms with Gasteiger partial charge in [0.2, 0.25) is 0 Å². The Morgan fingerprint density at radius 1 is 0.852 bits per heavy atom. The van der Waals surface area contributed by atoms with Crippen molar-refractivity contribution in [1.82, 2.24) is 30.4 Å². The van der Waals surface area contributed by atoms with Crippen LogP contribution in [0.1, 0.15) is 41.0 Å². The zero-order valence-corrected chi connectivity index (χ0v) is 20.1. The summed E-state index contributed by atoms with van der Waals surface area (Å²) < 4.78 is 1.94. The number of fused-ring (bicyclic) bond motifs is 2. The summed E-state index contributed by atoms with van der Waals surface area (Å²) in [6.07, 6.45) is 1.09. The minimum atomic E-state index is 0. The molecule has 27 heavy (non-hydrogen) atoms. The molecular formula is C20H30N6W. The first-order chi connectivity index (χ1) is 12.4. The summed E-state index contributed by atoms with van der Waals surface area (Å²) in [5.41, 5.74) is 3.82. The Balaban J connectivity index is 0. The molecule has 0 radical (unpaired) electrons. The maximum Gasteiger partial charge on any atom is 2.00 e. The zero-order valence-electron chi connectivity index (χ0n) is 17.1. The molecule has 2 aromatic carbocycles. The van der Waals surface area contributed by atoms with E-state index in [-0.39, 0.29) is 28.5 Å². The molecule has 0 aliphatic carbocycles. The average molecular weight is 538 g/mol. The summed E-state index contributed by atoms with van der Waals surface area (Å²) in [4.78, 5) is 0. The summed E-state index contributed by atoms with van der Waals surface area (Å²) in [5, 5.41) is 19.1. The number of benzene rings is 2. The van der Waals surface area contributed by atoms with Crippen molar-refractivity contribution < 1.29 is 21.1 Å². The van der Waals surface area contributed by atoms with Gasteiger partial charge in [-0.25, -0.2) is 4.68 Å². The van der Waals surface area contributed by atoms with Crippen molar-refractivity contribution in [3.05, 3.63) is 56.0 Å². The third-order valence-corrected chi connectivity index (χ3v) is 3.04. The monoisotopic (exact) mass is 538 g/mol. The molecule has 4 aromatic rings. The first-order valence-corrected chi connectivity index (χ1v) is 8.87. The van der Waals surface area contributed by atoms with Crippen LogP contribution >= 0.6 is 0 Å². The first kappa shape index (κ1) is 27.2. The van der Waals surface area contributed by atoms with Gasteiger partial charge in [-0.1, -0.05) is 76.2 Å². The Labute approximate surface area is 177 Å². The third kappa shape index (κ3) is 8.00. The van der Waals surface area contributed by atoms with Gasteiger partial charge in [-0.05, 0) is 29.6 Å². The van der Waals surface area contributed by atoms with Gasteiger partial charge in [0.15, 0.2) is 0 Å². The zero-order chi connectivity index (χ0) is 18.5. The molecule has 0 fully saturated rings. The molecule has 146 valence electrons. The van der Waals surface area contributed by atoms with E-state index in [1.807, 2.05) is 80.9 Å². The molecule has 0 amide bonds. The van der Waals surface area contributed by atoms with Crippen molar-refractivity contribution in [2.75, 3.05) is 0 Å². The van der Waals surface area contributed by atoms with E-state index in [1.54, 1.807) is 0 Å². The van der Waals surface area contributed by atoms with Crippen molar-refractivity contribution in [2.45, 2.75) is 47.6 Å². The Hall–Kier alpha value is -2.07. The second-order valence-electron chi connectivity index (χ2n) is 4.58. The third-order valence-electron chi connectivity index (χ3n) is 3.04. The Morgan fingerprint density at radius 2 is 1.44 bits per heavy atom. The number of aryl methyl sites for hydroxylation is 1. The molecule has 4 rings (SSSR count). The van der Waals surface area contributed by atoms with Gasteiger partial charge in [-0.3, -0.25) is 5.21 Å². The van der Waals surface area contributed by atoms with E-state index in [2.05, 4.69) is 32.6 Å². The van der Waals surface area contributed by atoms with Crippen LogP contribution < -0.4 is 5.10 Å². The fourth-order valence-electron chi connectivity index (χ4n) is 2.05. The summed E-state index contributed by atoms with van der Waals surface area (Å²) in [6, 6.07) is 15.6. The van der Waals surface area contributed by atoms with Crippen molar-refractivity contribution in [1.29, 1.82) is 0 Å². The van der Waals surface area contributed by atoms with E-state index < -0.39 is 0 Å². The van der Waals surface area contributed by atoms with Crippen LogP contribution in [0.15, 0.2) is 48.5 Å². The van der Waals surface area contributed by atoms with Crippen LogP contribution in [0.3, 0.4) is 0 Å². The van der Waals surface area contributed by atoms with Crippen molar-refractivity contribution in [3.63, 3.8) is 0 Å². The second-order valence-corrected chi connectivity index (χ2v) is 4.58. The molecule has 0 atom stereocenters. The maximum absolute atomic E-state index is 4.05. The quantitative estimate of drug-likeness (QED) is 0.339. The van der Waals surface area contributed by atoms with Crippen molar-refractivity contribution >= 4 is 22.1 Å². The number of rotatable bonds is 2. The standard InChI is InChI=1S/C9H11N3.C6H4N3.2C2H6.CH3.W/c1-2-7-12-9-6-4-3-5-8(9)10-11-12;1-2-4-6-5(3-1)7-9-8-6;2*1-2;;/h3-6H,2,7H2,1H3;1-4H;2*1-2H3;1H3;/q;-1;;;-1;+2. The van der Waals surface area contributed by atoms with Crippen LogP contribution in [0.25, 0.3) is 22.1 Å². The summed E-state index contributed by atoms with van der Waals surface area (Å²) >= 11 is 0. The number of hydrogen-bond donors (Lipinski definition) is 0. The van der Waals surface area contributed by atoms with E-state index >= 15 is 0 Å². The Kier molecular flexibility index (Phi) is 16.2. The molecule has 0 saturated carbocycles. The molecule has 0 saturated heterocycles. The Bertz CT molecular complexity index is 810. The molecule has 0 N–H and O–H groups in total. The topological polar surface area (TPSA) is 70.6 Å². The molecule has 6 nitrogen and oxygen atoms in total. The van der Waals surface area contributed by atoms with Crippen LogP contribution in [0.4, 0.5) is 0 Å². The van der Waals surface area contributed by atoms with Gasteiger partial charge >= 0.3 is 21.1 Å². The fraction of sp³-hybridized carbons (Fsp3) is 0.350. The summed E-state index contributed by atoms with van der Waals surface area (Å²) in [7, 11) is 0. The molecule has 0 spiro atoms. The normalized spacial score (nSPS) is 8.63. The SMILES string of the molecule is CC.CC.CCCn1nnc2ccccc21.[CH3-].[W+2].c1ccc2[n-]nnc2c1. The molecule has 0 unspecified atom stereocenters. The number of para-hydroxylation sites is 1. The number of nitrogens with zero attached hydrogens (tertiary/aromatic N) is 6.